The van der Waals surface area contributed by atoms with E-state index in [1.165, 1.54) is 16.8 Å². The molecule has 1 aromatic rings. The lowest BCUT2D eigenvalue weighted by molar-refractivity contribution is 0.203. The number of aliphatic imine (C=N–C) groups is 1. The van der Waals surface area contributed by atoms with E-state index in [9.17, 15) is 0 Å². The fraction of sp³-hybridized carbons (Fsp3) is 0.632. The quantitative estimate of drug-likeness (QED) is 0.442. The summed E-state index contributed by atoms with van der Waals surface area (Å²) in [6.07, 6.45) is 0. The zero-order valence-corrected chi connectivity index (χ0v) is 16.1. The maximum Gasteiger partial charge on any atom is 0.191 e. The van der Waals surface area contributed by atoms with Crippen molar-refractivity contribution in [1.82, 2.24) is 15.5 Å². The van der Waals surface area contributed by atoms with Crippen LogP contribution in [0.5, 0.6) is 0 Å². The lowest BCUT2D eigenvalue weighted by Crippen LogP contribution is -2.49. The third-order valence-electron chi connectivity index (χ3n) is 4.83. The minimum absolute atomic E-state index is 0.682. The summed E-state index contributed by atoms with van der Waals surface area (Å²) in [5.41, 5.74) is 4.17. The monoisotopic (exact) mass is 347 g/mol. The van der Waals surface area contributed by atoms with Gasteiger partial charge in [0.25, 0.3) is 0 Å². The molecule has 1 aliphatic heterocycles. The van der Waals surface area contributed by atoms with E-state index >= 15 is 0 Å². The van der Waals surface area contributed by atoms with Crippen LogP contribution in [-0.2, 0) is 4.74 Å². The van der Waals surface area contributed by atoms with E-state index in [-0.39, 0.29) is 0 Å². The molecule has 0 bridgehead atoms. The Morgan fingerprint density at radius 1 is 1.12 bits per heavy atom. The third kappa shape index (κ3) is 5.90. The van der Waals surface area contributed by atoms with Crippen LogP contribution in [0.25, 0.3) is 0 Å². The first-order valence-corrected chi connectivity index (χ1v) is 9.12. The van der Waals surface area contributed by atoms with Gasteiger partial charge < -0.3 is 20.3 Å². The Hall–Kier alpha value is -1.79. The van der Waals surface area contributed by atoms with E-state index in [4.69, 9.17) is 4.74 Å². The van der Waals surface area contributed by atoms with Gasteiger partial charge in [-0.1, -0.05) is 12.1 Å². The number of guanidine groups is 1. The van der Waals surface area contributed by atoms with Crippen LogP contribution in [0.4, 0.5) is 5.69 Å². The van der Waals surface area contributed by atoms with Crippen molar-refractivity contribution in [3.63, 3.8) is 0 Å². The molecule has 0 unspecified atom stereocenters. The number of nitrogens with one attached hydrogen (secondary N) is 2. The summed E-state index contributed by atoms with van der Waals surface area (Å²) in [5, 5.41) is 6.60. The first kappa shape index (κ1) is 19.5. The number of ether oxygens (including phenoxy) is 1. The van der Waals surface area contributed by atoms with Crippen molar-refractivity contribution < 1.29 is 4.74 Å². The van der Waals surface area contributed by atoms with Crippen molar-refractivity contribution in [3.8, 4) is 0 Å². The highest BCUT2D eigenvalue weighted by Crippen LogP contribution is 2.23. The van der Waals surface area contributed by atoms with Gasteiger partial charge in [-0.25, -0.2) is 0 Å². The van der Waals surface area contributed by atoms with Crippen LogP contribution >= 0.6 is 0 Å². The molecule has 2 rings (SSSR count). The highest BCUT2D eigenvalue weighted by Gasteiger charge is 2.18. The van der Waals surface area contributed by atoms with E-state index in [2.05, 4.69) is 57.5 Å². The molecule has 1 aromatic carbocycles. The van der Waals surface area contributed by atoms with Gasteiger partial charge in [0, 0.05) is 65.7 Å². The average Bonchev–Trinajstić information content (AvgIpc) is 2.63. The first-order valence-electron chi connectivity index (χ1n) is 9.12. The Labute approximate surface area is 152 Å². The number of benzene rings is 1. The standard InChI is InChI=1S/C19H33N5O/c1-16-6-5-7-18(17(16)2)24-13-11-23(12-14-24)10-8-21-19(20-3)22-9-15-25-4/h5-7H,8-15H2,1-4H3,(H2,20,21,22). The molecule has 6 heteroatoms. The van der Waals surface area contributed by atoms with Gasteiger partial charge in [-0.2, -0.15) is 0 Å². The second-order valence-electron chi connectivity index (χ2n) is 6.47. The molecule has 1 saturated heterocycles. The van der Waals surface area contributed by atoms with Gasteiger partial charge in [0.1, 0.15) is 0 Å². The molecule has 1 heterocycles. The Kier molecular flexibility index (Phi) is 8.01. The SMILES string of the molecule is CN=C(NCCOC)NCCN1CCN(c2cccc(C)c2C)CC1. The fourth-order valence-electron chi connectivity index (χ4n) is 3.12. The Morgan fingerprint density at radius 3 is 2.52 bits per heavy atom. The number of hydrogen-bond donors (Lipinski definition) is 2. The van der Waals surface area contributed by atoms with E-state index in [1.54, 1.807) is 14.2 Å². The van der Waals surface area contributed by atoms with Crippen LogP contribution < -0.4 is 15.5 Å². The highest BCUT2D eigenvalue weighted by molar-refractivity contribution is 5.79. The normalized spacial score (nSPS) is 16.2. The molecular formula is C19H33N5O. The van der Waals surface area contributed by atoms with E-state index in [0.29, 0.717) is 6.61 Å². The third-order valence-corrected chi connectivity index (χ3v) is 4.83. The predicted molar refractivity (Wildman–Crippen MR) is 106 cm³/mol. The van der Waals surface area contributed by atoms with E-state index < -0.39 is 0 Å². The predicted octanol–water partition coefficient (Wildman–Crippen LogP) is 1.24. The van der Waals surface area contributed by atoms with Gasteiger partial charge >= 0.3 is 0 Å². The van der Waals surface area contributed by atoms with E-state index in [1.807, 2.05) is 0 Å². The summed E-state index contributed by atoms with van der Waals surface area (Å²) < 4.78 is 5.04. The minimum Gasteiger partial charge on any atom is -0.383 e. The Bertz CT molecular complexity index is 553. The largest absolute Gasteiger partial charge is 0.383 e. The molecule has 1 aliphatic rings. The number of nitrogens with zero attached hydrogens (tertiary/aromatic N) is 3. The summed E-state index contributed by atoms with van der Waals surface area (Å²) in [6.45, 7) is 12.2. The Morgan fingerprint density at radius 2 is 1.84 bits per heavy atom. The molecule has 0 spiro atoms. The first-order chi connectivity index (χ1) is 12.2. The van der Waals surface area contributed by atoms with Crippen molar-refractivity contribution in [2.75, 3.05) is 71.5 Å². The van der Waals surface area contributed by atoms with Crippen LogP contribution in [-0.4, -0.2) is 77.4 Å². The zero-order valence-electron chi connectivity index (χ0n) is 16.1. The van der Waals surface area contributed by atoms with Gasteiger partial charge in [0.05, 0.1) is 6.61 Å². The van der Waals surface area contributed by atoms with Gasteiger partial charge in [-0.15, -0.1) is 0 Å². The molecule has 1 fully saturated rings. The molecule has 140 valence electrons. The van der Waals surface area contributed by atoms with Crippen LogP contribution in [0.3, 0.4) is 0 Å². The summed E-state index contributed by atoms with van der Waals surface area (Å²) in [7, 11) is 3.50. The van der Waals surface area contributed by atoms with Gasteiger partial charge in [-0.05, 0) is 31.0 Å². The molecular weight excluding hydrogens is 314 g/mol. The molecule has 0 amide bonds. The number of anilines is 1. The highest BCUT2D eigenvalue weighted by atomic mass is 16.5. The molecule has 0 aliphatic carbocycles. The summed E-state index contributed by atoms with van der Waals surface area (Å²) >= 11 is 0. The van der Waals surface area contributed by atoms with Crippen LogP contribution in [0.1, 0.15) is 11.1 Å². The van der Waals surface area contributed by atoms with Crippen LogP contribution in [0.2, 0.25) is 0 Å². The molecule has 0 saturated carbocycles. The minimum atomic E-state index is 0.682. The van der Waals surface area contributed by atoms with Crippen molar-refractivity contribution in [2.45, 2.75) is 13.8 Å². The van der Waals surface area contributed by atoms with Gasteiger partial charge in [0.15, 0.2) is 5.96 Å². The second kappa shape index (κ2) is 10.3. The van der Waals surface area contributed by atoms with Crippen molar-refractivity contribution in [1.29, 1.82) is 0 Å². The lowest BCUT2D eigenvalue weighted by Gasteiger charge is -2.37. The topological polar surface area (TPSA) is 52.1 Å². The molecule has 0 aromatic heterocycles. The van der Waals surface area contributed by atoms with E-state index in [0.717, 1.165) is 51.8 Å². The number of methoxy groups -OCH3 is 1. The zero-order chi connectivity index (χ0) is 18.1. The Balaban J connectivity index is 1.71. The summed E-state index contributed by atoms with van der Waals surface area (Å²) in [4.78, 5) is 9.25. The molecule has 2 N–H and O–H groups in total. The van der Waals surface area contributed by atoms with Crippen LogP contribution in [0, 0.1) is 13.8 Å². The molecule has 25 heavy (non-hydrogen) atoms. The van der Waals surface area contributed by atoms with Crippen molar-refractivity contribution in [2.24, 2.45) is 4.99 Å². The van der Waals surface area contributed by atoms with Crippen molar-refractivity contribution >= 4 is 11.6 Å². The number of piperazine rings is 1. The maximum atomic E-state index is 5.04. The molecule has 0 atom stereocenters. The number of aryl methyl sites for hydroxylation is 1. The second-order valence-corrected chi connectivity index (χ2v) is 6.47. The maximum absolute atomic E-state index is 5.04. The summed E-state index contributed by atoms with van der Waals surface area (Å²) in [6, 6.07) is 6.60. The number of rotatable bonds is 7. The fourth-order valence-corrected chi connectivity index (χ4v) is 3.12. The number of hydrogen-bond acceptors (Lipinski definition) is 4. The molecule has 6 nitrogen and oxygen atoms in total. The van der Waals surface area contributed by atoms with Gasteiger partial charge in [-0.3, -0.25) is 9.89 Å². The van der Waals surface area contributed by atoms with Crippen molar-refractivity contribution in [3.05, 3.63) is 29.3 Å². The van der Waals surface area contributed by atoms with Gasteiger partial charge in [0.2, 0.25) is 0 Å². The summed E-state index contributed by atoms with van der Waals surface area (Å²) in [5.74, 6) is 0.839. The average molecular weight is 348 g/mol. The van der Waals surface area contributed by atoms with Crippen LogP contribution in [0.15, 0.2) is 23.2 Å². The lowest BCUT2D eigenvalue weighted by atomic mass is 10.1. The smallest absolute Gasteiger partial charge is 0.191 e. The molecule has 0 radical (unpaired) electrons.